The molecule has 5 heteroatoms. The van der Waals surface area contributed by atoms with Crippen LogP contribution >= 0.6 is 0 Å². The Labute approximate surface area is 72.2 Å². The van der Waals surface area contributed by atoms with Crippen LogP contribution in [0, 0.1) is 0 Å². The predicted octanol–water partition coefficient (Wildman–Crippen LogP) is 0.733. The first-order chi connectivity index (χ1) is 5.38. The van der Waals surface area contributed by atoms with Gasteiger partial charge in [0.25, 0.3) is 0 Å². The van der Waals surface area contributed by atoms with Crippen LogP contribution in [-0.4, -0.2) is 28.0 Å². The number of sulfone groups is 1. The topological polar surface area (TPSA) is 55.7 Å². The highest BCUT2D eigenvalue weighted by atomic mass is 32.2. The quantitative estimate of drug-likeness (QED) is 0.484. The van der Waals surface area contributed by atoms with Crippen molar-refractivity contribution in [2.24, 2.45) is 4.99 Å². The Bertz CT molecular complexity index is 314. The van der Waals surface area contributed by atoms with Crippen LogP contribution in [0.25, 0.3) is 0 Å². The molecule has 0 atom stereocenters. The van der Waals surface area contributed by atoms with Crippen molar-refractivity contribution in [2.75, 3.05) is 13.4 Å². The van der Waals surface area contributed by atoms with Crippen LogP contribution in [-0.2, 0) is 14.6 Å². The van der Waals surface area contributed by atoms with E-state index in [-0.39, 0.29) is 10.8 Å². The third-order valence-corrected chi connectivity index (χ3v) is 2.12. The molecule has 0 spiro atoms. The summed E-state index contributed by atoms with van der Waals surface area (Å²) in [6, 6.07) is 0. The average molecular weight is 189 g/mol. The molecule has 0 aliphatic heterocycles. The van der Waals surface area contributed by atoms with Crippen LogP contribution in [0.15, 0.2) is 28.9 Å². The van der Waals surface area contributed by atoms with Gasteiger partial charge in [0.05, 0.1) is 12.0 Å². The zero-order chi connectivity index (χ0) is 9.78. The Kier molecular flexibility index (Phi) is 3.69. The second kappa shape index (κ2) is 4.06. The maximum absolute atomic E-state index is 10.8. The van der Waals surface area contributed by atoms with Crippen LogP contribution in [0.5, 0.6) is 0 Å². The first-order valence-corrected chi connectivity index (χ1v) is 4.93. The number of nitrogens with zero attached hydrogens (tertiary/aromatic N) is 1. The normalized spacial score (nSPS) is 11.5. The Balaban J connectivity index is 4.40. The molecular weight excluding hydrogens is 178 g/mol. The van der Waals surface area contributed by atoms with E-state index in [2.05, 4.69) is 22.9 Å². The fraction of sp³-hybridized carbons (Fsp3) is 0.286. The van der Waals surface area contributed by atoms with E-state index in [1.165, 1.54) is 7.11 Å². The first kappa shape index (κ1) is 10.9. The molecule has 0 amide bonds. The molecule has 0 bridgehead atoms. The minimum absolute atomic E-state index is 0.0688. The molecular formula is C7H11NO3S. The summed E-state index contributed by atoms with van der Waals surface area (Å²) in [7, 11) is -1.86. The zero-order valence-electron chi connectivity index (χ0n) is 7.07. The smallest absolute Gasteiger partial charge is 0.205 e. The Hall–Kier alpha value is -1.10. The molecule has 0 unspecified atom stereocenters. The molecule has 0 N–H and O–H groups in total. The largest absolute Gasteiger partial charge is 0.481 e. The Morgan fingerprint density at radius 2 is 2.00 bits per heavy atom. The summed E-state index contributed by atoms with van der Waals surface area (Å²) in [5.41, 5.74) is 0. The van der Waals surface area contributed by atoms with Crippen molar-refractivity contribution in [3.8, 4) is 0 Å². The number of ether oxygens (including phenoxy) is 1. The van der Waals surface area contributed by atoms with Gasteiger partial charge in [0, 0.05) is 12.5 Å². The van der Waals surface area contributed by atoms with E-state index in [1.54, 1.807) is 0 Å². The number of methoxy groups -OCH3 is 1. The number of rotatable bonds is 4. The molecule has 0 heterocycles. The van der Waals surface area contributed by atoms with Crippen LogP contribution < -0.4 is 0 Å². The summed E-state index contributed by atoms with van der Waals surface area (Å²) in [5.74, 6) is 0.139. The summed E-state index contributed by atoms with van der Waals surface area (Å²) in [6.45, 7) is 6.67. The van der Waals surface area contributed by atoms with E-state index in [9.17, 15) is 8.42 Å². The molecule has 4 nitrogen and oxygen atoms in total. The molecule has 0 aromatic carbocycles. The van der Waals surface area contributed by atoms with Crippen molar-refractivity contribution in [1.29, 1.82) is 0 Å². The first-order valence-electron chi connectivity index (χ1n) is 3.04. The monoisotopic (exact) mass is 189 g/mol. The molecule has 0 aromatic rings. The van der Waals surface area contributed by atoms with Gasteiger partial charge in [-0.1, -0.05) is 6.58 Å². The fourth-order valence-electron chi connectivity index (χ4n) is 0.292. The molecule has 0 saturated heterocycles. The van der Waals surface area contributed by atoms with Gasteiger partial charge in [-0.05, 0) is 6.58 Å². The number of hydrogen-bond donors (Lipinski definition) is 0. The fourth-order valence-corrected chi connectivity index (χ4v) is 0.537. The van der Waals surface area contributed by atoms with Crippen LogP contribution in [0.2, 0.25) is 0 Å². The SMILES string of the molecule is C=C(/N=C\C(=C)S(C)(=O)=O)OC. The van der Waals surface area contributed by atoms with E-state index in [1.807, 2.05) is 0 Å². The molecule has 12 heavy (non-hydrogen) atoms. The van der Waals surface area contributed by atoms with E-state index >= 15 is 0 Å². The maximum Gasteiger partial charge on any atom is 0.205 e. The number of hydrogen-bond acceptors (Lipinski definition) is 4. The lowest BCUT2D eigenvalue weighted by atomic mass is 10.7. The van der Waals surface area contributed by atoms with Gasteiger partial charge in [-0.25, -0.2) is 13.4 Å². The van der Waals surface area contributed by atoms with Crippen molar-refractivity contribution in [1.82, 2.24) is 0 Å². The lowest BCUT2D eigenvalue weighted by molar-refractivity contribution is 0.291. The minimum Gasteiger partial charge on any atom is -0.481 e. The lowest BCUT2D eigenvalue weighted by Crippen LogP contribution is -2.00. The van der Waals surface area contributed by atoms with Crippen molar-refractivity contribution in [3.05, 3.63) is 23.9 Å². The van der Waals surface area contributed by atoms with Crippen LogP contribution in [0.4, 0.5) is 0 Å². The highest BCUT2D eigenvalue weighted by Crippen LogP contribution is 1.99. The van der Waals surface area contributed by atoms with Gasteiger partial charge in [0.1, 0.15) is 0 Å². The van der Waals surface area contributed by atoms with Gasteiger partial charge in [0.2, 0.25) is 5.88 Å². The summed E-state index contributed by atoms with van der Waals surface area (Å²) >= 11 is 0. The summed E-state index contributed by atoms with van der Waals surface area (Å²) in [6.07, 6.45) is 2.15. The van der Waals surface area contributed by atoms with Crippen LogP contribution in [0.1, 0.15) is 0 Å². The maximum atomic E-state index is 10.8. The summed E-state index contributed by atoms with van der Waals surface area (Å²) in [5, 5.41) is 0. The molecule has 0 radical (unpaired) electrons. The van der Waals surface area contributed by atoms with Gasteiger partial charge >= 0.3 is 0 Å². The summed E-state index contributed by atoms with van der Waals surface area (Å²) in [4.78, 5) is 3.52. The van der Waals surface area contributed by atoms with E-state index < -0.39 is 9.84 Å². The van der Waals surface area contributed by atoms with E-state index in [0.29, 0.717) is 0 Å². The van der Waals surface area contributed by atoms with Crippen molar-refractivity contribution in [2.45, 2.75) is 0 Å². The van der Waals surface area contributed by atoms with Crippen molar-refractivity contribution < 1.29 is 13.2 Å². The van der Waals surface area contributed by atoms with Gasteiger partial charge in [0.15, 0.2) is 9.84 Å². The van der Waals surface area contributed by atoms with Gasteiger partial charge in [-0.15, -0.1) is 0 Å². The minimum atomic E-state index is -3.25. The predicted molar refractivity (Wildman–Crippen MR) is 48.6 cm³/mol. The zero-order valence-corrected chi connectivity index (χ0v) is 7.89. The van der Waals surface area contributed by atoms with Crippen molar-refractivity contribution in [3.63, 3.8) is 0 Å². The highest BCUT2D eigenvalue weighted by molar-refractivity contribution is 7.95. The number of aliphatic imine (C=N–C) groups is 1. The molecule has 68 valence electrons. The molecule has 0 aliphatic rings. The third kappa shape index (κ3) is 3.92. The second-order valence-corrected chi connectivity index (χ2v) is 4.16. The molecule has 0 rings (SSSR count). The average Bonchev–Trinajstić information content (AvgIpc) is 1.97. The van der Waals surface area contributed by atoms with Gasteiger partial charge in [-0.3, -0.25) is 0 Å². The number of allylic oxidation sites excluding steroid dienone is 1. The van der Waals surface area contributed by atoms with E-state index in [4.69, 9.17) is 0 Å². The highest BCUT2D eigenvalue weighted by Gasteiger charge is 2.04. The van der Waals surface area contributed by atoms with E-state index in [0.717, 1.165) is 12.5 Å². The van der Waals surface area contributed by atoms with Gasteiger partial charge < -0.3 is 4.74 Å². The molecule has 0 aromatic heterocycles. The lowest BCUT2D eigenvalue weighted by Gasteiger charge is -1.96. The molecule has 0 fully saturated rings. The molecule has 0 saturated carbocycles. The third-order valence-electron chi connectivity index (χ3n) is 1.06. The summed E-state index contributed by atoms with van der Waals surface area (Å²) < 4.78 is 26.1. The standard InChI is InChI=1S/C7H11NO3S/c1-6(12(4,9)10)5-8-7(2)11-3/h5H,1-2H2,3-4H3/b8-5-. The Morgan fingerprint density at radius 1 is 1.50 bits per heavy atom. The van der Waals surface area contributed by atoms with Gasteiger partial charge in [-0.2, -0.15) is 0 Å². The Morgan fingerprint density at radius 3 is 2.33 bits per heavy atom. The second-order valence-electron chi connectivity index (χ2n) is 2.09. The molecule has 0 aliphatic carbocycles. The van der Waals surface area contributed by atoms with Crippen molar-refractivity contribution >= 4 is 16.1 Å². The van der Waals surface area contributed by atoms with Crippen LogP contribution in [0.3, 0.4) is 0 Å².